The van der Waals surface area contributed by atoms with E-state index in [0.717, 1.165) is 5.56 Å². The van der Waals surface area contributed by atoms with Crippen molar-refractivity contribution in [3.63, 3.8) is 0 Å². The Morgan fingerprint density at radius 3 is 2.61 bits per heavy atom. The molecule has 3 heteroatoms. The van der Waals surface area contributed by atoms with E-state index in [9.17, 15) is 9.18 Å². The van der Waals surface area contributed by atoms with Gasteiger partial charge in [-0.05, 0) is 29.8 Å². The molecule has 0 fully saturated rings. The topological polar surface area (TPSA) is 29.1 Å². The van der Waals surface area contributed by atoms with Crippen LogP contribution in [0, 0.1) is 5.82 Å². The number of hydrogen-bond acceptors (Lipinski definition) is 1. The van der Waals surface area contributed by atoms with E-state index in [-0.39, 0.29) is 11.7 Å². The molecule has 1 N–H and O–H groups in total. The van der Waals surface area contributed by atoms with E-state index in [2.05, 4.69) is 5.32 Å². The first-order chi connectivity index (χ1) is 8.74. The van der Waals surface area contributed by atoms with Crippen LogP contribution >= 0.6 is 0 Å². The normalized spacial score (nSPS) is 15.6. The summed E-state index contributed by atoms with van der Waals surface area (Å²) in [5.74, 6) is -0.538. The van der Waals surface area contributed by atoms with Crippen LogP contribution in [0.3, 0.4) is 0 Å². The highest BCUT2D eigenvalue weighted by molar-refractivity contribution is 6.34. The fraction of sp³-hybridized carbons (Fsp3) is 0. The predicted octanol–water partition coefficient (Wildman–Crippen LogP) is 3.32. The second-order valence-corrected chi connectivity index (χ2v) is 4.11. The van der Waals surface area contributed by atoms with E-state index in [0.29, 0.717) is 16.8 Å². The molecule has 1 aliphatic heterocycles. The lowest BCUT2D eigenvalue weighted by molar-refractivity contribution is -0.110. The molecular formula is C15H10FNO. The molecule has 0 bridgehead atoms. The molecule has 1 amide bonds. The smallest absolute Gasteiger partial charge is 0.256 e. The molecule has 2 aromatic carbocycles. The molecule has 0 spiro atoms. The summed E-state index contributed by atoms with van der Waals surface area (Å²) in [4.78, 5) is 11.8. The summed E-state index contributed by atoms with van der Waals surface area (Å²) in [6.07, 6.45) is 1.76. The Morgan fingerprint density at radius 1 is 1.06 bits per heavy atom. The number of carbonyl (C=O) groups is 1. The Morgan fingerprint density at radius 2 is 1.83 bits per heavy atom. The number of halogens is 1. The van der Waals surface area contributed by atoms with E-state index in [1.807, 2.05) is 30.3 Å². The summed E-state index contributed by atoms with van der Waals surface area (Å²) in [6.45, 7) is 0. The lowest BCUT2D eigenvalue weighted by atomic mass is 10.0. The van der Waals surface area contributed by atoms with Crippen LogP contribution in [0.1, 0.15) is 11.1 Å². The maximum Gasteiger partial charge on any atom is 0.256 e. The van der Waals surface area contributed by atoms with Crippen LogP contribution in [0.15, 0.2) is 48.5 Å². The Hall–Kier alpha value is -2.42. The van der Waals surface area contributed by atoms with Gasteiger partial charge in [0.1, 0.15) is 5.82 Å². The summed E-state index contributed by atoms with van der Waals surface area (Å²) >= 11 is 0. The second kappa shape index (κ2) is 4.11. The first-order valence-corrected chi connectivity index (χ1v) is 5.62. The monoisotopic (exact) mass is 239 g/mol. The van der Waals surface area contributed by atoms with Crippen molar-refractivity contribution in [2.24, 2.45) is 0 Å². The number of anilines is 1. The average Bonchev–Trinajstić information content (AvgIpc) is 2.67. The quantitative estimate of drug-likeness (QED) is 0.760. The molecule has 0 atom stereocenters. The maximum atomic E-state index is 13.2. The van der Waals surface area contributed by atoms with Crippen molar-refractivity contribution < 1.29 is 9.18 Å². The molecule has 0 radical (unpaired) electrons. The number of rotatable bonds is 1. The van der Waals surface area contributed by atoms with Crippen molar-refractivity contribution in [2.75, 3.05) is 5.32 Å². The van der Waals surface area contributed by atoms with Crippen LogP contribution in [-0.4, -0.2) is 5.91 Å². The standard InChI is InChI=1S/C15H10FNO/c16-11-6-7-14-12(9-11)13(15(18)17-14)8-10-4-2-1-3-5-10/h1-9H,(H,17,18)/b13-8+. The van der Waals surface area contributed by atoms with Crippen molar-refractivity contribution in [1.29, 1.82) is 0 Å². The number of carbonyl (C=O) groups excluding carboxylic acids is 1. The molecule has 3 rings (SSSR count). The van der Waals surface area contributed by atoms with Gasteiger partial charge in [0.05, 0.1) is 0 Å². The molecule has 2 nitrogen and oxygen atoms in total. The minimum absolute atomic E-state index is 0.195. The molecule has 1 aliphatic rings. The number of hydrogen-bond donors (Lipinski definition) is 1. The van der Waals surface area contributed by atoms with Crippen molar-refractivity contribution in [3.05, 3.63) is 65.5 Å². The SMILES string of the molecule is O=C1Nc2ccc(F)cc2/C1=C\c1ccccc1. The highest BCUT2D eigenvalue weighted by Crippen LogP contribution is 2.33. The summed E-state index contributed by atoms with van der Waals surface area (Å²) in [6, 6.07) is 13.8. The summed E-state index contributed by atoms with van der Waals surface area (Å²) in [5.41, 5.74) is 2.68. The van der Waals surface area contributed by atoms with Gasteiger partial charge in [-0.2, -0.15) is 0 Å². The van der Waals surface area contributed by atoms with Crippen LogP contribution < -0.4 is 5.32 Å². The molecule has 88 valence electrons. The number of fused-ring (bicyclic) bond motifs is 1. The third-order valence-corrected chi connectivity index (χ3v) is 2.88. The molecule has 2 aromatic rings. The van der Waals surface area contributed by atoms with Gasteiger partial charge in [0.2, 0.25) is 0 Å². The Bertz CT molecular complexity index is 647. The second-order valence-electron chi connectivity index (χ2n) is 4.11. The number of benzene rings is 2. The van der Waals surface area contributed by atoms with Gasteiger partial charge in [0, 0.05) is 16.8 Å². The predicted molar refractivity (Wildman–Crippen MR) is 69.3 cm³/mol. The zero-order valence-electron chi connectivity index (χ0n) is 9.48. The van der Waals surface area contributed by atoms with Crippen LogP contribution in [0.4, 0.5) is 10.1 Å². The van der Waals surface area contributed by atoms with Crippen molar-refractivity contribution in [2.45, 2.75) is 0 Å². The summed E-state index contributed by atoms with van der Waals surface area (Å²) in [5, 5.41) is 2.72. The number of amides is 1. The first kappa shape index (κ1) is 10.7. The fourth-order valence-corrected chi connectivity index (χ4v) is 2.02. The van der Waals surface area contributed by atoms with E-state index in [1.54, 1.807) is 12.1 Å². The van der Waals surface area contributed by atoms with E-state index in [1.165, 1.54) is 12.1 Å². The van der Waals surface area contributed by atoms with E-state index < -0.39 is 0 Å². The Labute approximate surface area is 104 Å². The molecular weight excluding hydrogens is 229 g/mol. The molecule has 0 saturated carbocycles. The van der Waals surface area contributed by atoms with Gasteiger partial charge in [-0.3, -0.25) is 4.79 Å². The maximum absolute atomic E-state index is 13.2. The summed E-state index contributed by atoms with van der Waals surface area (Å²) < 4.78 is 13.2. The van der Waals surface area contributed by atoms with Gasteiger partial charge in [0.25, 0.3) is 5.91 Å². The lowest BCUT2D eigenvalue weighted by Gasteiger charge is -1.98. The van der Waals surface area contributed by atoms with Gasteiger partial charge in [0.15, 0.2) is 0 Å². The third kappa shape index (κ3) is 1.80. The Balaban J connectivity index is 2.12. The van der Waals surface area contributed by atoms with Gasteiger partial charge in [-0.25, -0.2) is 4.39 Å². The molecule has 0 unspecified atom stereocenters. The lowest BCUT2D eigenvalue weighted by Crippen LogP contribution is -2.03. The highest BCUT2D eigenvalue weighted by Gasteiger charge is 2.24. The van der Waals surface area contributed by atoms with E-state index in [4.69, 9.17) is 0 Å². The zero-order valence-corrected chi connectivity index (χ0v) is 9.48. The third-order valence-electron chi connectivity index (χ3n) is 2.88. The molecule has 0 saturated heterocycles. The minimum Gasteiger partial charge on any atom is -0.321 e. The highest BCUT2D eigenvalue weighted by atomic mass is 19.1. The largest absolute Gasteiger partial charge is 0.321 e. The van der Waals surface area contributed by atoms with Crippen molar-refractivity contribution >= 4 is 23.2 Å². The van der Waals surface area contributed by atoms with Crippen molar-refractivity contribution in [1.82, 2.24) is 0 Å². The van der Waals surface area contributed by atoms with Crippen LogP contribution in [0.25, 0.3) is 11.6 Å². The fourth-order valence-electron chi connectivity index (χ4n) is 2.02. The van der Waals surface area contributed by atoms with Crippen molar-refractivity contribution in [3.8, 4) is 0 Å². The summed E-state index contributed by atoms with van der Waals surface area (Å²) in [7, 11) is 0. The van der Waals surface area contributed by atoms with Gasteiger partial charge in [-0.15, -0.1) is 0 Å². The van der Waals surface area contributed by atoms with Gasteiger partial charge < -0.3 is 5.32 Å². The van der Waals surface area contributed by atoms with Crippen LogP contribution in [-0.2, 0) is 4.79 Å². The van der Waals surface area contributed by atoms with Crippen LogP contribution in [0.2, 0.25) is 0 Å². The van der Waals surface area contributed by atoms with Gasteiger partial charge in [-0.1, -0.05) is 30.3 Å². The van der Waals surface area contributed by atoms with Crippen LogP contribution in [0.5, 0.6) is 0 Å². The molecule has 0 aromatic heterocycles. The average molecular weight is 239 g/mol. The minimum atomic E-state index is -0.343. The zero-order chi connectivity index (χ0) is 12.5. The first-order valence-electron chi connectivity index (χ1n) is 5.62. The Kier molecular flexibility index (Phi) is 2.45. The number of nitrogens with one attached hydrogen (secondary N) is 1. The molecule has 0 aliphatic carbocycles. The molecule has 18 heavy (non-hydrogen) atoms. The van der Waals surface area contributed by atoms with Gasteiger partial charge >= 0.3 is 0 Å². The van der Waals surface area contributed by atoms with E-state index >= 15 is 0 Å². The molecule has 1 heterocycles.